The van der Waals surface area contributed by atoms with Crippen molar-refractivity contribution in [3.63, 3.8) is 0 Å². The number of Topliss-reactive ketones (excluding diaryl/α,β-unsaturated/α-hetero) is 1. The lowest BCUT2D eigenvalue weighted by Crippen LogP contribution is -2.67. The first-order valence-electron chi connectivity index (χ1n) is 6.90. The Bertz CT molecular complexity index is 329. The van der Waals surface area contributed by atoms with Crippen LogP contribution in [0, 0.1) is 22.2 Å². The maximum absolute atomic E-state index is 12.4. The molecule has 0 aromatic carbocycles. The van der Waals surface area contributed by atoms with Crippen molar-refractivity contribution >= 4 is 5.78 Å². The van der Waals surface area contributed by atoms with Crippen LogP contribution in [0.4, 0.5) is 0 Å². The highest BCUT2D eigenvalue weighted by Gasteiger charge is 2.71. The van der Waals surface area contributed by atoms with Gasteiger partial charge in [0.2, 0.25) is 0 Å². The third-order valence-electron chi connectivity index (χ3n) is 5.22. The molecule has 0 unspecified atom stereocenters. The second kappa shape index (κ2) is 3.70. The van der Waals surface area contributed by atoms with Crippen LogP contribution in [-0.2, 0) is 4.79 Å². The second-order valence-electron chi connectivity index (χ2n) is 7.58. The molecule has 0 N–H and O–H groups in total. The van der Waals surface area contributed by atoms with E-state index in [1.807, 2.05) is 6.08 Å². The van der Waals surface area contributed by atoms with Crippen LogP contribution in [0.25, 0.3) is 0 Å². The summed E-state index contributed by atoms with van der Waals surface area (Å²) in [6.45, 7) is 12.7. The third-order valence-corrected chi connectivity index (χ3v) is 5.22. The van der Waals surface area contributed by atoms with E-state index in [1.54, 1.807) is 0 Å². The standard InChI is InChI=1S/C16H26O/c1-6-7-14(4,5)8-13(17)16-9-15(10-16,11-16)12(2)3/h6,12H,1,7-11H2,2-5H3. The zero-order valence-electron chi connectivity index (χ0n) is 11.8. The fourth-order valence-electron chi connectivity index (χ4n) is 3.86. The van der Waals surface area contributed by atoms with E-state index in [4.69, 9.17) is 0 Å². The van der Waals surface area contributed by atoms with E-state index in [-0.39, 0.29) is 10.8 Å². The molecule has 0 saturated heterocycles. The average molecular weight is 234 g/mol. The van der Waals surface area contributed by atoms with Gasteiger partial charge in [0.15, 0.2) is 0 Å². The summed E-state index contributed by atoms with van der Waals surface area (Å²) in [5, 5.41) is 0. The molecule has 96 valence electrons. The monoisotopic (exact) mass is 234 g/mol. The summed E-state index contributed by atoms with van der Waals surface area (Å²) >= 11 is 0. The van der Waals surface area contributed by atoms with Crippen LogP contribution >= 0.6 is 0 Å². The van der Waals surface area contributed by atoms with Gasteiger partial charge in [0.1, 0.15) is 5.78 Å². The molecule has 2 bridgehead atoms. The Hall–Kier alpha value is -0.590. The SMILES string of the molecule is C=CCC(C)(C)CC(=O)C12CC(C(C)C)(C1)C2. The minimum atomic E-state index is 0.0965. The third kappa shape index (κ3) is 1.88. The Labute approximate surface area is 106 Å². The number of rotatable bonds is 6. The van der Waals surface area contributed by atoms with Crippen molar-refractivity contribution in [1.29, 1.82) is 0 Å². The Kier molecular flexibility index (Phi) is 2.80. The maximum atomic E-state index is 12.4. The summed E-state index contributed by atoms with van der Waals surface area (Å²) in [5.74, 6) is 1.27. The lowest BCUT2D eigenvalue weighted by molar-refractivity contribution is -0.224. The number of carbonyl (C=O) groups is 1. The van der Waals surface area contributed by atoms with Gasteiger partial charge in [-0.15, -0.1) is 6.58 Å². The van der Waals surface area contributed by atoms with Crippen molar-refractivity contribution in [3.05, 3.63) is 12.7 Å². The highest BCUT2D eigenvalue weighted by molar-refractivity contribution is 5.88. The zero-order valence-corrected chi connectivity index (χ0v) is 11.8. The number of hydrogen-bond donors (Lipinski definition) is 0. The first-order chi connectivity index (χ1) is 7.75. The van der Waals surface area contributed by atoms with Gasteiger partial charge >= 0.3 is 0 Å². The molecule has 3 fully saturated rings. The Morgan fingerprint density at radius 1 is 1.35 bits per heavy atom. The Morgan fingerprint density at radius 3 is 2.29 bits per heavy atom. The van der Waals surface area contributed by atoms with Gasteiger partial charge in [0.25, 0.3) is 0 Å². The molecule has 0 aliphatic heterocycles. The van der Waals surface area contributed by atoms with Crippen molar-refractivity contribution in [2.75, 3.05) is 0 Å². The van der Waals surface area contributed by atoms with E-state index < -0.39 is 0 Å². The summed E-state index contributed by atoms with van der Waals surface area (Å²) < 4.78 is 0. The lowest BCUT2D eigenvalue weighted by atomic mass is 9.31. The Balaban J connectivity index is 1.91. The molecule has 0 amide bonds. The van der Waals surface area contributed by atoms with Crippen LogP contribution in [0.15, 0.2) is 12.7 Å². The summed E-state index contributed by atoms with van der Waals surface area (Å²) in [6.07, 6.45) is 7.10. The highest BCUT2D eigenvalue weighted by Crippen LogP contribution is 2.76. The van der Waals surface area contributed by atoms with Gasteiger partial charge < -0.3 is 0 Å². The van der Waals surface area contributed by atoms with E-state index in [2.05, 4.69) is 34.3 Å². The maximum Gasteiger partial charge on any atom is 0.139 e. The molecule has 0 aromatic rings. The Morgan fingerprint density at radius 2 is 1.88 bits per heavy atom. The molecule has 3 aliphatic carbocycles. The van der Waals surface area contributed by atoms with E-state index >= 15 is 0 Å². The lowest BCUT2D eigenvalue weighted by Gasteiger charge is -2.72. The van der Waals surface area contributed by atoms with Crippen molar-refractivity contribution in [2.24, 2.45) is 22.2 Å². The van der Waals surface area contributed by atoms with Crippen LogP contribution < -0.4 is 0 Å². The number of hydrogen-bond acceptors (Lipinski definition) is 1. The van der Waals surface area contributed by atoms with E-state index in [0.29, 0.717) is 11.2 Å². The molecule has 0 spiro atoms. The van der Waals surface area contributed by atoms with E-state index in [1.165, 1.54) is 19.3 Å². The molecule has 1 heteroatoms. The minimum Gasteiger partial charge on any atom is -0.299 e. The predicted molar refractivity (Wildman–Crippen MR) is 71.8 cm³/mol. The van der Waals surface area contributed by atoms with Gasteiger partial charge in [-0.3, -0.25) is 4.79 Å². The topological polar surface area (TPSA) is 17.1 Å². The molecule has 17 heavy (non-hydrogen) atoms. The van der Waals surface area contributed by atoms with Gasteiger partial charge in [-0.1, -0.05) is 33.8 Å². The van der Waals surface area contributed by atoms with Gasteiger partial charge in [-0.2, -0.15) is 0 Å². The zero-order chi connectivity index (χ0) is 12.9. The van der Waals surface area contributed by atoms with Crippen LogP contribution in [-0.4, -0.2) is 5.78 Å². The van der Waals surface area contributed by atoms with Gasteiger partial charge in [-0.05, 0) is 42.4 Å². The quantitative estimate of drug-likeness (QED) is 0.623. The largest absolute Gasteiger partial charge is 0.299 e. The summed E-state index contributed by atoms with van der Waals surface area (Å²) in [4.78, 5) is 12.4. The van der Waals surface area contributed by atoms with Gasteiger partial charge in [-0.25, -0.2) is 0 Å². The summed E-state index contributed by atoms with van der Waals surface area (Å²) in [7, 11) is 0. The summed E-state index contributed by atoms with van der Waals surface area (Å²) in [5.41, 5.74) is 0.736. The molecule has 0 radical (unpaired) electrons. The van der Waals surface area contributed by atoms with Crippen molar-refractivity contribution in [2.45, 2.75) is 59.8 Å². The first-order valence-corrected chi connectivity index (χ1v) is 6.90. The molecule has 1 nitrogen and oxygen atoms in total. The molecule has 0 atom stereocenters. The van der Waals surface area contributed by atoms with Crippen LogP contribution in [0.2, 0.25) is 0 Å². The smallest absolute Gasteiger partial charge is 0.139 e. The minimum absolute atomic E-state index is 0.0965. The fraction of sp³-hybridized carbons (Fsp3) is 0.812. The number of allylic oxidation sites excluding steroid dienone is 1. The van der Waals surface area contributed by atoms with Crippen LogP contribution in [0.3, 0.4) is 0 Å². The molecule has 3 rings (SSSR count). The second-order valence-corrected chi connectivity index (χ2v) is 7.58. The molecule has 0 aromatic heterocycles. The number of carbonyl (C=O) groups excluding carboxylic acids is 1. The molecule has 3 aliphatic rings. The molecule has 3 saturated carbocycles. The molecular weight excluding hydrogens is 208 g/mol. The summed E-state index contributed by atoms with van der Waals surface area (Å²) in [6, 6.07) is 0. The fourth-order valence-corrected chi connectivity index (χ4v) is 3.86. The molecular formula is C16H26O. The van der Waals surface area contributed by atoms with E-state index in [9.17, 15) is 4.79 Å². The van der Waals surface area contributed by atoms with Crippen molar-refractivity contribution in [3.8, 4) is 0 Å². The van der Waals surface area contributed by atoms with Crippen molar-refractivity contribution < 1.29 is 4.79 Å². The predicted octanol–water partition coefficient (Wildman–Crippen LogP) is 4.37. The normalized spacial score (nSPS) is 35.1. The first kappa shape index (κ1) is 12.9. The van der Waals surface area contributed by atoms with Gasteiger partial charge in [0.05, 0.1) is 0 Å². The number of ketones is 1. The van der Waals surface area contributed by atoms with Crippen LogP contribution in [0.5, 0.6) is 0 Å². The van der Waals surface area contributed by atoms with Crippen molar-refractivity contribution in [1.82, 2.24) is 0 Å². The van der Waals surface area contributed by atoms with E-state index in [0.717, 1.165) is 18.8 Å². The highest BCUT2D eigenvalue weighted by atomic mass is 16.1. The average Bonchev–Trinajstić information content (AvgIpc) is 1.94. The van der Waals surface area contributed by atoms with Gasteiger partial charge in [0, 0.05) is 11.8 Å². The molecule has 0 heterocycles. The van der Waals surface area contributed by atoms with Crippen LogP contribution in [0.1, 0.15) is 59.8 Å².